The maximum Gasteiger partial charge on any atom is 0.0461 e. The average Bonchev–Trinajstić information content (AvgIpc) is 2.96. The number of hydrogen-bond acceptors (Lipinski definition) is 2. The van der Waals surface area contributed by atoms with Crippen LogP contribution >= 0.6 is 0 Å². The third kappa shape index (κ3) is 7.36. The van der Waals surface area contributed by atoms with Crippen LogP contribution in [0.15, 0.2) is 157 Å². The first-order valence-corrected chi connectivity index (χ1v) is 13.2. The molecule has 196 valence electrons. The summed E-state index contributed by atoms with van der Waals surface area (Å²) in [6, 6.07) is 17.4. The number of hydrogen-bond donors (Lipinski definition) is 0. The molecule has 0 saturated carbocycles. The Bertz CT molecular complexity index is 1250. The lowest BCUT2D eigenvalue weighted by atomic mass is 10.0. The summed E-state index contributed by atoms with van der Waals surface area (Å²) in [5.41, 5.74) is 8.78. The number of benzene rings is 2. The second-order valence-electron chi connectivity index (χ2n) is 8.44. The van der Waals surface area contributed by atoms with Gasteiger partial charge in [-0.3, -0.25) is 0 Å². The molecule has 0 fully saturated rings. The molecule has 2 heteroatoms. The zero-order chi connectivity index (χ0) is 27.9. The van der Waals surface area contributed by atoms with Gasteiger partial charge in [-0.05, 0) is 107 Å². The van der Waals surface area contributed by atoms with Gasteiger partial charge in [0.05, 0.1) is 0 Å². The molecule has 0 aliphatic rings. The van der Waals surface area contributed by atoms with E-state index in [4.69, 9.17) is 0 Å². The van der Waals surface area contributed by atoms with Gasteiger partial charge < -0.3 is 9.80 Å². The first-order chi connectivity index (χ1) is 18.5. The molecule has 0 bridgehead atoms. The smallest absolute Gasteiger partial charge is 0.0461 e. The van der Waals surface area contributed by atoms with Gasteiger partial charge >= 0.3 is 0 Å². The van der Waals surface area contributed by atoms with Crippen molar-refractivity contribution >= 4 is 11.4 Å². The minimum absolute atomic E-state index is 0.963. The molecule has 2 aromatic carbocycles. The highest BCUT2D eigenvalue weighted by atomic mass is 15.2. The van der Waals surface area contributed by atoms with Gasteiger partial charge in [-0.2, -0.15) is 0 Å². The van der Waals surface area contributed by atoms with Crippen molar-refractivity contribution < 1.29 is 0 Å². The summed E-state index contributed by atoms with van der Waals surface area (Å²) in [5, 5.41) is 0. The van der Waals surface area contributed by atoms with Gasteiger partial charge in [0.2, 0.25) is 0 Å². The standard InChI is InChI=1S/C36H42N2/c1-9-17-31(13-5)37(32(14-6)18-10-2)35-25-21-29(22-26-35)30-23-27-36(28-24-30)38(33(15-7)19-11-3)34(16-8)20-12-4/h9-28H,1,5H2,2-4,6-8H3/b18-10-,19-11-,20-12-,31-17+,32-14+,33-15+,34-16+. The fourth-order valence-electron chi connectivity index (χ4n) is 4.27. The van der Waals surface area contributed by atoms with Crippen LogP contribution in [0.1, 0.15) is 41.5 Å². The van der Waals surface area contributed by atoms with Crippen molar-refractivity contribution in [2.24, 2.45) is 0 Å². The van der Waals surface area contributed by atoms with Crippen LogP contribution in [0.3, 0.4) is 0 Å². The lowest BCUT2D eigenvalue weighted by Gasteiger charge is -2.28. The van der Waals surface area contributed by atoms with Crippen molar-refractivity contribution in [2.45, 2.75) is 41.5 Å². The van der Waals surface area contributed by atoms with Crippen LogP contribution in [0.4, 0.5) is 11.4 Å². The zero-order valence-corrected chi connectivity index (χ0v) is 23.9. The average molecular weight is 503 g/mol. The molecule has 2 rings (SSSR count). The van der Waals surface area contributed by atoms with E-state index in [1.165, 1.54) is 5.56 Å². The van der Waals surface area contributed by atoms with Gasteiger partial charge in [0, 0.05) is 34.2 Å². The highest BCUT2D eigenvalue weighted by Gasteiger charge is 2.15. The molecule has 2 aromatic rings. The summed E-state index contributed by atoms with van der Waals surface area (Å²) in [4.78, 5) is 4.45. The predicted molar refractivity (Wildman–Crippen MR) is 171 cm³/mol. The van der Waals surface area contributed by atoms with E-state index < -0.39 is 0 Å². The van der Waals surface area contributed by atoms with Crippen LogP contribution in [0, 0.1) is 0 Å². The predicted octanol–water partition coefficient (Wildman–Crippen LogP) is 10.7. The molecule has 0 aromatic heterocycles. The van der Waals surface area contributed by atoms with Gasteiger partial charge in [0.25, 0.3) is 0 Å². The molecule has 0 radical (unpaired) electrons. The van der Waals surface area contributed by atoms with E-state index >= 15 is 0 Å². The fourth-order valence-corrected chi connectivity index (χ4v) is 4.27. The molecule has 38 heavy (non-hydrogen) atoms. The van der Waals surface area contributed by atoms with E-state index in [1.54, 1.807) is 6.08 Å². The molecule has 0 N–H and O–H groups in total. The summed E-state index contributed by atoms with van der Waals surface area (Å²) in [6.45, 7) is 20.2. The zero-order valence-electron chi connectivity index (χ0n) is 23.9. The maximum atomic E-state index is 4.02. The SMILES string of the molecule is C=C/C=C(\C=C)N(C(/C=C\C)=C/C)c1ccc(-c2ccc(N(C(/C=C\C)=C/C)C(/C=C\C)=C/C)cc2)cc1. The van der Waals surface area contributed by atoms with Crippen LogP contribution < -0.4 is 9.80 Å². The molecule has 0 atom stereocenters. The van der Waals surface area contributed by atoms with Crippen LogP contribution in [0.5, 0.6) is 0 Å². The first kappa shape index (κ1) is 29.9. The van der Waals surface area contributed by atoms with Gasteiger partial charge in [-0.25, -0.2) is 0 Å². The Morgan fingerprint density at radius 1 is 0.526 bits per heavy atom. The monoisotopic (exact) mass is 502 g/mol. The third-order valence-electron chi connectivity index (χ3n) is 6.01. The van der Waals surface area contributed by atoms with Crippen LogP contribution in [-0.2, 0) is 0 Å². The van der Waals surface area contributed by atoms with Gasteiger partial charge in [-0.1, -0.05) is 80.0 Å². The molecular formula is C36H42N2. The summed E-state index contributed by atoms with van der Waals surface area (Å²) in [6.07, 6.45) is 24.5. The number of nitrogens with zero attached hydrogens (tertiary/aromatic N) is 2. The number of rotatable bonds is 12. The minimum Gasteiger partial charge on any atom is -0.311 e. The molecule has 0 aliphatic heterocycles. The Kier molecular flexibility index (Phi) is 12.4. The second kappa shape index (κ2) is 15.7. The lowest BCUT2D eigenvalue weighted by molar-refractivity contribution is 1.13. The molecular weight excluding hydrogens is 460 g/mol. The summed E-state index contributed by atoms with van der Waals surface area (Å²) < 4.78 is 0. The number of allylic oxidation sites excluding steroid dienone is 12. The molecule has 0 spiro atoms. The van der Waals surface area contributed by atoms with Gasteiger partial charge in [-0.15, -0.1) is 0 Å². The van der Waals surface area contributed by atoms with E-state index in [-0.39, 0.29) is 0 Å². The molecule has 0 heterocycles. The Labute approximate surface area is 231 Å². The van der Waals surface area contributed by atoms with Crippen LogP contribution in [0.2, 0.25) is 0 Å². The van der Waals surface area contributed by atoms with Crippen molar-refractivity contribution in [3.05, 3.63) is 157 Å². The van der Waals surface area contributed by atoms with Gasteiger partial charge in [0.1, 0.15) is 0 Å². The molecule has 2 nitrogen and oxygen atoms in total. The van der Waals surface area contributed by atoms with Crippen molar-refractivity contribution in [1.82, 2.24) is 0 Å². The Hall–Kier alpha value is -4.30. The highest BCUT2D eigenvalue weighted by molar-refractivity contribution is 5.72. The largest absolute Gasteiger partial charge is 0.311 e. The summed E-state index contributed by atoms with van der Waals surface area (Å²) in [7, 11) is 0. The molecule has 0 aliphatic carbocycles. The van der Waals surface area contributed by atoms with Crippen molar-refractivity contribution in [2.75, 3.05) is 9.80 Å². The minimum atomic E-state index is 0.963. The normalized spacial score (nSPS) is 13.5. The second-order valence-corrected chi connectivity index (χ2v) is 8.44. The van der Waals surface area contributed by atoms with Gasteiger partial charge in [0.15, 0.2) is 0 Å². The Morgan fingerprint density at radius 3 is 1.13 bits per heavy atom. The Balaban J connectivity index is 2.50. The Morgan fingerprint density at radius 2 is 0.868 bits per heavy atom. The quantitative estimate of drug-likeness (QED) is 0.266. The summed E-state index contributed by atoms with van der Waals surface area (Å²) >= 11 is 0. The molecule has 0 saturated heterocycles. The van der Waals surface area contributed by atoms with E-state index in [0.29, 0.717) is 0 Å². The molecule has 0 unspecified atom stereocenters. The van der Waals surface area contributed by atoms with Crippen molar-refractivity contribution in [3.63, 3.8) is 0 Å². The van der Waals surface area contributed by atoms with Crippen LogP contribution in [-0.4, -0.2) is 0 Å². The van der Waals surface area contributed by atoms with E-state index in [0.717, 1.165) is 39.7 Å². The molecule has 0 amide bonds. The van der Waals surface area contributed by atoms with E-state index in [9.17, 15) is 0 Å². The third-order valence-corrected chi connectivity index (χ3v) is 6.01. The van der Waals surface area contributed by atoms with Crippen molar-refractivity contribution in [3.8, 4) is 11.1 Å². The van der Waals surface area contributed by atoms with E-state index in [2.05, 4.69) is 134 Å². The van der Waals surface area contributed by atoms with Crippen LogP contribution in [0.25, 0.3) is 11.1 Å². The fraction of sp³-hybridized carbons (Fsp3) is 0.167. The topological polar surface area (TPSA) is 6.48 Å². The summed E-state index contributed by atoms with van der Waals surface area (Å²) in [5.74, 6) is 0. The van der Waals surface area contributed by atoms with Crippen molar-refractivity contribution in [1.29, 1.82) is 0 Å². The van der Waals surface area contributed by atoms with E-state index in [1.807, 2.05) is 45.9 Å². The first-order valence-electron chi connectivity index (χ1n) is 13.2. The maximum absolute atomic E-state index is 4.02. The lowest BCUT2D eigenvalue weighted by Crippen LogP contribution is -2.20. The number of anilines is 2. The highest BCUT2D eigenvalue weighted by Crippen LogP contribution is 2.32.